The fourth-order valence-corrected chi connectivity index (χ4v) is 5.09. The van der Waals surface area contributed by atoms with E-state index in [0.29, 0.717) is 0 Å². The van der Waals surface area contributed by atoms with Gasteiger partial charge in [-0.05, 0) is 37.8 Å². The van der Waals surface area contributed by atoms with Crippen LogP contribution in [0.4, 0.5) is 23.2 Å². The molecule has 1 amide bonds. The Morgan fingerprint density at radius 1 is 1.19 bits per heavy atom. The van der Waals surface area contributed by atoms with Gasteiger partial charge in [-0.2, -0.15) is 13.2 Å². The minimum absolute atomic E-state index is 0.0415. The topological polar surface area (TPSA) is 103 Å². The Kier molecular flexibility index (Phi) is 7.51. The lowest BCUT2D eigenvalue weighted by atomic mass is 10.2. The van der Waals surface area contributed by atoms with Crippen LogP contribution in [-0.2, 0) is 27.5 Å². The molecule has 4 rings (SSSR count). The van der Waals surface area contributed by atoms with Gasteiger partial charge in [-0.15, -0.1) is 0 Å². The van der Waals surface area contributed by atoms with Crippen LogP contribution >= 0.6 is 23.4 Å². The number of ether oxygens (including phenoxy) is 1. The number of hydrogen-bond acceptors (Lipinski definition) is 7. The predicted molar refractivity (Wildman–Crippen MR) is 127 cm³/mol. The molecule has 2 aliphatic rings. The molecule has 9 nitrogen and oxygen atoms in total. The molecule has 37 heavy (non-hydrogen) atoms. The monoisotopic (exact) mass is 562 g/mol. The van der Waals surface area contributed by atoms with Crippen LogP contribution in [0.25, 0.3) is 5.69 Å². The molecule has 1 aliphatic heterocycles. The van der Waals surface area contributed by atoms with Crippen molar-refractivity contribution in [3.63, 3.8) is 0 Å². The van der Waals surface area contributed by atoms with E-state index in [4.69, 9.17) is 16.3 Å². The smallest absolute Gasteiger partial charge is 0.431 e. The van der Waals surface area contributed by atoms with Crippen LogP contribution in [0.2, 0.25) is 5.02 Å². The van der Waals surface area contributed by atoms with E-state index in [9.17, 15) is 36.7 Å². The van der Waals surface area contributed by atoms with Crippen LogP contribution < -0.4 is 11.2 Å². The lowest BCUT2D eigenvalue weighted by Gasteiger charge is -2.18. The Morgan fingerprint density at radius 2 is 1.86 bits per heavy atom. The lowest BCUT2D eigenvalue weighted by Crippen LogP contribution is -2.41. The van der Waals surface area contributed by atoms with Crippen molar-refractivity contribution in [3.8, 4) is 5.69 Å². The summed E-state index contributed by atoms with van der Waals surface area (Å²) >= 11 is 7.07. The Labute approximate surface area is 215 Å². The van der Waals surface area contributed by atoms with Crippen molar-refractivity contribution in [1.29, 1.82) is 0 Å². The number of aliphatic imine (C=N–C) groups is 1. The van der Waals surface area contributed by atoms with Gasteiger partial charge in [0.15, 0.2) is 5.17 Å². The van der Waals surface area contributed by atoms with Gasteiger partial charge < -0.3 is 4.74 Å². The molecule has 1 saturated heterocycles. The number of rotatable bonds is 5. The highest BCUT2D eigenvalue weighted by Gasteiger charge is 2.35. The van der Waals surface area contributed by atoms with E-state index in [0.717, 1.165) is 61.5 Å². The fraction of sp³-hybridized carbons (Fsp3) is 0.409. The standard InChI is InChI=1S/C22H19ClF4N4O5S/c1-29-16(22(25,26)27)8-17(32)31(21(29)35)15-7-14(12(23)6-13(15)24)28-20-30(18(33)10-37-20)9-19(34)36-11-4-2-3-5-11/h6-8,11H,2-5,9-10H2,1H3. The van der Waals surface area contributed by atoms with Crippen LogP contribution in [0.3, 0.4) is 0 Å². The summed E-state index contributed by atoms with van der Waals surface area (Å²) in [5.74, 6) is -2.26. The molecule has 2 heterocycles. The van der Waals surface area contributed by atoms with E-state index in [-0.39, 0.29) is 42.9 Å². The average molecular weight is 563 g/mol. The van der Waals surface area contributed by atoms with Crippen LogP contribution in [-0.4, -0.2) is 49.5 Å². The predicted octanol–water partition coefficient (Wildman–Crippen LogP) is 3.40. The Bertz CT molecular complexity index is 1420. The highest BCUT2D eigenvalue weighted by molar-refractivity contribution is 8.15. The van der Waals surface area contributed by atoms with Crippen molar-refractivity contribution >= 4 is 46.1 Å². The maximum atomic E-state index is 14.8. The lowest BCUT2D eigenvalue weighted by molar-refractivity contribution is -0.151. The zero-order chi connectivity index (χ0) is 27.1. The number of nitrogens with zero attached hydrogens (tertiary/aromatic N) is 4. The minimum atomic E-state index is -4.99. The third kappa shape index (κ3) is 5.59. The average Bonchev–Trinajstić information content (AvgIpc) is 3.43. The van der Waals surface area contributed by atoms with Gasteiger partial charge in [0.25, 0.3) is 5.56 Å². The number of aromatic nitrogens is 2. The van der Waals surface area contributed by atoms with E-state index in [1.165, 1.54) is 0 Å². The number of esters is 1. The first kappa shape index (κ1) is 26.9. The van der Waals surface area contributed by atoms with Crippen molar-refractivity contribution in [2.24, 2.45) is 12.0 Å². The number of amides is 1. The highest BCUT2D eigenvalue weighted by atomic mass is 35.5. The van der Waals surface area contributed by atoms with Crippen LogP contribution in [0.15, 0.2) is 32.8 Å². The largest absolute Gasteiger partial charge is 0.461 e. The molecule has 0 radical (unpaired) electrons. The van der Waals surface area contributed by atoms with E-state index in [1.807, 2.05) is 0 Å². The Morgan fingerprint density at radius 3 is 2.51 bits per heavy atom. The summed E-state index contributed by atoms with van der Waals surface area (Å²) in [5.41, 5.74) is -5.24. The third-order valence-corrected chi connectivity index (χ3v) is 7.09. The second-order valence-corrected chi connectivity index (χ2v) is 9.71. The first-order valence-electron chi connectivity index (χ1n) is 11.0. The number of amidine groups is 1. The van der Waals surface area contributed by atoms with Gasteiger partial charge in [0.1, 0.15) is 24.2 Å². The van der Waals surface area contributed by atoms with Crippen LogP contribution in [0.5, 0.6) is 0 Å². The van der Waals surface area contributed by atoms with Crippen molar-refractivity contribution in [3.05, 3.63) is 55.6 Å². The molecule has 2 fully saturated rings. The number of carbonyl (C=O) groups is 2. The molecule has 198 valence electrons. The minimum Gasteiger partial charge on any atom is -0.461 e. The number of halogens is 5. The summed E-state index contributed by atoms with van der Waals surface area (Å²) in [4.78, 5) is 55.0. The van der Waals surface area contributed by atoms with E-state index < -0.39 is 53.0 Å². The van der Waals surface area contributed by atoms with Gasteiger partial charge in [0, 0.05) is 13.1 Å². The zero-order valence-corrected chi connectivity index (χ0v) is 20.8. The molecular formula is C22H19ClF4N4O5S. The second-order valence-electron chi connectivity index (χ2n) is 8.36. The second kappa shape index (κ2) is 10.3. The Balaban J connectivity index is 1.70. The van der Waals surface area contributed by atoms with E-state index in [1.54, 1.807) is 0 Å². The maximum absolute atomic E-state index is 14.8. The van der Waals surface area contributed by atoms with E-state index >= 15 is 0 Å². The normalized spacial score (nSPS) is 17.7. The molecule has 1 aromatic carbocycles. The SMILES string of the molecule is Cn1c(C(F)(F)F)cc(=O)n(-c2cc(N=C3SCC(=O)N3CC(=O)OC3CCCC3)c(Cl)cc2F)c1=O. The highest BCUT2D eigenvalue weighted by Crippen LogP contribution is 2.33. The summed E-state index contributed by atoms with van der Waals surface area (Å²) in [6.45, 7) is -0.411. The molecule has 0 unspecified atom stereocenters. The summed E-state index contributed by atoms with van der Waals surface area (Å²) < 4.78 is 60.0. The Hall–Kier alpha value is -3.13. The van der Waals surface area contributed by atoms with Gasteiger partial charge in [-0.3, -0.25) is 23.9 Å². The molecule has 1 saturated carbocycles. The van der Waals surface area contributed by atoms with Crippen molar-refractivity contribution < 1.29 is 31.9 Å². The van der Waals surface area contributed by atoms with E-state index in [2.05, 4.69) is 4.99 Å². The zero-order valence-electron chi connectivity index (χ0n) is 19.2. The molecule has 2 aromatic rings. The first-order chi connectivity index (χ1) is 17.4. The third-order valence-electron chi connectivity index (χ3n) is 5.83. The van der Waals surface area contributed by atoms with Crippen LogP contribution in [0, 0.1) is 5.82 Å². The number of carbonyl (C=O) groups excluding carboxylic acids is 2. The van der Waals surface area contributed by atoms with Crippen LogP contribution in [0.1, 0.15) is 31.4 Å². The van der Waals surface area contributed by atoms with Crippen molar-refractivity contribution in [1.82, 2.24) is 14.0 Å². The molecule has 0 N–H and O–H groups in total. The first-order valence-corrected chi connectivity index (χ1v) is 12.3. The maximum Gasteiger partial charge on any atom is 0.431 e. The number of thioether (sulfide) groups is 1. The number of benzene rings is 1. The quantitative estimate of drug-likeness (QED) is 0.409. The summed E-state index contributed by atoms with van der Waals surface area (Å²) in [5, 5.41) is -0.223. The van der Waals surface area contributed by atoms with Gasteiger partial charge in [-0.25, -0.2) is 18.7 Å². The molecule has 1 aliphatic carbocycles. The summed E-state index contributed by atoms with van der Waals surface area (Å²) in [6, 6.07) is 1.81. The fourth-order valence-electron chi connectivity index (χ4n) is 4.00. The molecule has 0 spiro atoms. The summed E-state index contributed by atoms with van der Waals surface area (Å²) in [6.07, 6.45) is -1.83. The van der Waals surface area contributed by atoms with Gasteiger partial charge in [0.05, 0.1) is 22.2 Å². The van der Waals surface area contributed by atoms with Gasteiger partial charge in [0.2, 0.25) is 5.91 Å². The molecular weight excluding hydrogens is 544 g/mol. The van der Waals surface area contributed by atoms with Crippen molar-refractivity contribution in [2.75, 3.05) is 12.3 Å². The molecule has 1 aromatic heterocycles. The van der Waals surface area contributed by atoms with Gasteiger partial charge in [-0.1, -0.05) is 23.4 Å². The number of hydrogen-bond donors (Lipinski definition) is 0. The van der Waals surface area contributed by atoms with Crippen molar-refractivity contribution in [2.45, 2.75) is 38.0 Å². The molecule has 0 bridgehead atoms. The molecule has 0 atom stereocenters. The van der Waals surface area contributed by atoms with Gasteiger partial charge >= 0.3 is 17.8 Å². The number of alkyl halides is 3. The summed E-state index contributed by atoms with van der Waals surface area (Å²) in [7, 11) is 0.791. The molecule has 15 heteroatoms.